The van der Waals surface area contributed by atoms with E-state index >= 15 is 0 Å². The smallest absolute Gasteiger partial charge is 0.0463 e. The maximum absolute atomic E-state index is 2.61. The van der Waals surface area contributed by atoms with Gasteiger partial charge in [-0.1, -0.05) is 239 Å². The standard InChI is InChI=1S/C92H81N3/c1-60(2)83-58-85-62(5)56-87(83)91-79(66-22-12-7-13-23-66)52-54-81(89(85)91)68-36-44-75(45-37-68)94(72-30-20-11-21-31-72)73-40-32-64(33-41-73)65-34-42-74(43-35-65)95(78-50-48-77(49-51-78)93(70-26-16-9-17-27-70)71-28-18-10-19-29-71)76-46-38-69(39-47-76)82-55-53-80(67-24-14-8-15-25-67)92-88-57-63(6)86(90(82)92)59-84(88)61(3)4/h7-57,60-61,83-88H,58-59H2,1-6H3. The van der Waals surface area contributed by atoms with Crippen molar-refractivity contribution in [2.24, 2.45) is 23.7 Å². The molecule has 6 unspecified atom stereocenters. The van der Waals surface area contributed by atoms with Gasteiger partial charge in [-0.2, -0.15) is 0 Å². The molecule has 0 fully saturated rings. The van der Waals surface area contributed by atoms with Gasteiger partial charge >= 0.3 is 0 Å². The Morgan fingerprint density at radius 1 is 0.242 bits per heavy atom. The van der Waals surface area contributed by atoms with Gasteiger partial charge in [-0.3, -0.25) is 0 Å². The summed E-state index contributed by atoms with van der Waals surface area (Å²) >= 11 is 0. The monoisotopic (exact) mass is 1230 g/mol. The Morgan fingerprint density at radius 2 is 0.463 bits per heavy atom. The first-order valence-corrected chi connectivity index (χ1v) is 34.5. The minimum Gasteiger partial charge on any atom is -0.311 e. The van der Waals surface area contributed by atoms with E-state index < -0.39 is 0 Å². The van der Waals surface area contributed by atoms with Gasteiger partial charge in [0.05, 0.1) is 0 Å². The lowest BCUT2D eigenvalue weighted by atomic mass is 9.58. The van der Waals surface area contributed by atoms with Crippen molar-refractivity contribution in [1.82, 2.24) is 0 Å². The first-order valence-electron chi connectivity index (χ1n) is 34.5. The average Bonchev–Trinajstić information content (AvgIpc) is 0.739. The van der Waals surface area contributed by atoms with Crippen molar-refractivity contribution in [3.05, 3.63) is 343 Å². The molecule has 0 saturated heterocycles. The number of para-hydroxylation sites is 3. The minimum absolute atomic E-state index is 0.397. The highest BCUT2D eigenvalue weighted by atomic mass is 15.2. The van der Waals surface area contributed by atoms with Gasteiger partial charge in [-0.15, -0.1) is 0 Å². The van der Waals surface area contributed by atoms with Gasteiger partial charge < -0.3 is 14.7 Å². The minimum atomic E-state index is 0.397. The Labute approximate surface area is 562 Å². The molecule has 4 bridgehead atoms. The van der Waals surface area contributed by atoms with E-state index in [1.54, 1.807) is 5.56 Å². The van der Waals surface area contributed by atoms with Gasteiger partial charge in [0.1, 0.15) is 0 Å². The molecule has 0 aliphatic heterocycles. The highest BCUT2D eigenvalue weighted by Crippen LogP contribution is 2.60. The molecule has 6 aliphatic rings. The third-order valence-corrected chi connectivity index (χ3v) is 21.6. The number of benzene rings is 12. The Balaban J connectivity index is 0.730. The number of hydrogen-bond acceptors (Lipinski definition) is 3. The second kappa shape index (κ2) is 25.1. The number of nitrogens with zero attached hydrogens (tertiary/aromatic N) is 3. The Kier molecular flexibility index (Phi) is 15.7. The largest absolute Gasteiger partial charge is 0.311 e. The molecule has 6 aliphatic carbocycles. The zero-order valence-electron chi connectivity index (χ0n) is 55.3. The van der Waals surface area contributed by atoms with Crippen LogP contribution in [0, 0.1) is 23.7 Å². The van der Waals surface area contributed by atoms with Crippen molar-refractivity contribution < 1.29 is 0 Å². The van der Waals surface area contributed by atoms with Gasteiger partial charge in [-0.05, 0) is 237 Å². The maximum Gasteiger partial charge on any atom is 0.0463 e. The summed E-state index contributed by atoms with van der Waals surface area (Å²) < 4.78 is 0. The molecule has 12 aromatic carbocycles. The zero-order valence-corrected chi connectivity index (χ0v) is 55.3. The van der Waals surface area contributed by atoms with Crippen LogP contribution < -0.4 is 14.7 Å². The fraction of sp³-hybridized carbons (Fsp3) is 0.174. The van der Waals surface area contributed by atoms with E-state index in [1.165, 1.54) is 85.2 Å². The highest BCUT2D eigenvalue weighted by Gasteiger charge is 2.44. The van der Waals surface area contributed by atoms with Gasteiger partial charge in [0.25, 0.3) is 0 Å². The number of hydrogen-bond donors (Lipinski definition) is 0. The van der Waals surface area contributed by atoms with Crippen molar-refractivity contribution in [2.45, 2.75) is 78.1 Å². The van der Waals surface area contributed by atoms with Crippen LogP contribution in [0.15, 0.2) is 321 Å². The summed E-state index contributed by atoms with van der Waals surface area (Å²) in [6, 6.07) is 110. The molecule has 0 spiro atoms. The molecule has 0 amide bonds. The molecular weight excluding hydrogens is 1150 g/mol. The molecule has 3 nitrogen and oxygen atoms in total. The van der Waals surface area contributed by atoms with Crippen molar-refractivity contribution in [3.8, 4) is 55.6 Å². The first-order chi connectivity index (χ1) is 46.6. The van der Waals surface area contributed by atoms with E-state index in [0.717, 1.165) is 62.3 Å². The average molecular weight is 1230 g/mol. The van der Waals surface area contributed by atoms with Gasteiger partial charge in [0.2, 0.25) is 0 Å². The third kappa shape index (κ3) is 10.9. The quantitative estimate of drug-likeness (QED) is 0.0893. The van der Waals surface area contributed by atoms with Crippen LogP contribution in [0.4, 0.5) is 51.2 Å². The van der Waals surface area contributed by atoms with Gasteiger partial charge in [-0.25, -0.2) is 0 Å². The lowest BCUT2D eigenvalue weighted by Crippen LogP contribution is -2.32. The van der Waals surface area contributed by atoms with Gasteiger partial charge in [0, 0.05) is 74.9 Å². The number of allylic oxidation sites excluding steroid dienone is 4. The highest BCUT2D eigenvalue weighted by molar-refractivity contribution is 5.88. The first kappa shape index (κ1) is 59.5. The fourth-order valence-corrected chi connectivity index (χ4v) is 16.9. The zero-order chi connectivity index (χ0) is 64.3. The molecule has 95 heavy (non-hydrogen) atoms. The van der Waals surface area contributed by atoms with Crippen molar-refractivity contribution in [1.29, 1.82) is 0 Å². The van der Waals surface area contributed by atoms with E-state index in [2.05, 4.69) is 366 Å². The molecule has 464 valence electrons. The van der Waals surface area contributed by atoms with Crippen LogP contribution in [-0.2, 0) is 0 Å². The van der Waals surface area contributed by atoms with E-state index in [4.69, 9.17) is 0 Å². The third-order valence-electron chi connectivity index (χ3n) is 21.6. The summed E-state index contributed by atoms with van der Waals surface area (Å²) in [4.78, 5) is 7.13. The molecule has 3 heteroatoms. The van der Waals surface area contributed by atoms with Crippen LogP contribution in [0.2, 0.25) is 0 Å². The fourth-order valence-electron chi connectivity index (χ4n) is 16.9. The topological polar surface area (TPSA) is 9.72 Å². The van der Waals surface area contributed by atoms with Gasteiger partial charge in [0.15, 0.2) is 0 Å². The molecule has 0 N–H and O–H groups in total. The van der Waals surface area contributed by atoms with Crippen LogP contribution >= 0.6 is 0 Å². The molecule has 0 saturated carbocycles. The Hall–Kier alpha value is -10.5. The molecule has 0 aromatic heterocycles. The molecular formula is C92H81N3. The van der Waals surface area contributed by atoms with Crippen LogP contribution in [0.1, 0.15) is 100 Å². The summed E-state index contributed by atoms with van der Waals surface area (Å²) in [5.41, 5.74) is 32.0. The van der Waals surface area contributed by atoms with Crippen molar-refractivity contribution in [2.75, 3.05) is 14.7 Å². The van der Waals surface area contributed by atoms with Crippen LogP contribution in [0.25, 0.3) is 55.6 Å². The SMILES string of the molecule is CC1=CC2c3c(-c4ccccc4)ccc(-c4ccc(N(c5ccccc5)c5ccc(-c6ccc(N(c7ccc(-c8ccc(-c9ccccc9)c9c8C8CC(C(C)C)C9C=C8C)cc7)c7ccc(N(c8ccccc8)c8ccccc8)cc7)cc6)cc5)cc4)c3C1CC2C(C)C. The molecule has 12 aromatic rings. The molecule has 0 heterocycles. The van der Waals surface area contributed by atoms with Crippen LogP contribution in [0.3, 0.4) is 0 Å². The van der Waals surface area contributed by atoms with Crippen LogP contribution in [-0.4, -0.2) is 0 Å². The summed E-state index contributed by atoms with van der Waals surface area (Å²) in [6.45, 7) is 14.4. The summed E-state index contributed by atoms with van der Waals surface area (Å²) in [5.74, 6) is 4.09. The lowest BCUT2D eigenvalue weighted by Gasteiger charge is -2.46. The van der Waals surface area contributed by atoms with E-state index in [-0.39, 0.29) is 0 Å². The summed E-state index contributed by atoms with van der Waals surface area (Å²) in [7, 11) is 0. The second-order valence-electron chi connectivity index (χ2n) is 27.7. The Morgan fingerprint density at radius 3 is 0.737 bits per heavy atom. The number of anilines is 9. The predicted molar refractivity (Wildman–Crippen MR) is 402 cm³/mol. The van der Waals surface area contributed by atoms with Crippen LogP contribution in [0.5, 0.6) is 0 Å². The predicted octanol–water partition coefficient (Wildman–Crippen LogP) is 26.0. The van der Waals surface area contributed by atoms with E-state index in [0.29, 0.717) is 47.3 Å². The summed E-state index contributed by atoms with van der Waals surface area (Å²) in [6.07, 6.45) is 7.63. The molecule has 18 rings (SSSR count). The number of rotatable bonds is 16. The van der Waals surface area contributed by atoms with E-state index in [9.17, 15) is 0 Å². The normalized spacial score (nSPS) is 18.2. The molecule has 0 radical (unpaired) electrons. The molecule has 6 atom stereocenters. The maximum atomic E-state index is 2.61. The van der Waals surface area contributed by atoms with Crippen molar-refractivity contribution in [3.63, 3.8) is 0 Å². The number of fused-ring (bicyclic) bond motifs is 2. The second-order valence-corrected chi connectivity index (χ2v) is 27.7. The Bertz CT molecular complexity index is 4730. The lowest BCUT2D eigenvalue weighted by molar-refractivity contribution is 0.281. The summed E-state index contributed by atoms with van der Waals surface area (Å²) in [5, 5.41) is 0. The van der Waals surface area contributed by atoms with E-state index in [1.807, 2.05) is 0 Å². The van der Waals surface area contributed by atoms with Crippen molar-refractivity contribution >= 4 is 51.2 Å².